The molecule has 2 aromatic rings. The second kappa shape index (κ2) is 2.89. The average molecular weight is 194 g/mol. The molecule has 3 heteroatoms. The van der Waals surface area contributed by atoms with Crippen LogP contribution in [0, 0.1) is 6.92 Å². The van der Waals surface area contributed by atoms with Crippen LogP contribution in [-0.2, 0) is 0 Å². The topological polar surface area (TPSA) is 33.1 Å². The first-order valence-electron chi connectivity index (χ1n) is 3.93. The van der Waals surface area contributed by atoms with Gasteiger partial charge >= 0.3 is 0 Å². The molecule has 0 aliphatic heterocycles. The highest BCUT2D eigenvalue weighted by atomic mass is 35.5. The van der Waals surface area contributed by atoms with Crippen molar-refractivity contribution >= 4 is 22.4 Å². The number of phenolic OH excluding ortho intramolecular Hbond substituents is 1. The number of aromatic nitrogens is 1. The molecule has 1 aromatic heterocycles. The number of fused-ring (bicyclic) bond motifs is 1. The number of pyridine rings is 1. The summed E-state index contributed by atoms with van der Waals surface area (Å²) in [5.41, 5.74) is 0.893. The average Bonchev–Trinajstić information content (AvgIpc) is 2.12. The first kappa shape index (κ1) is 8.32. The van der Waals surface area contributed by atoms with Gasteiger partial charge in [0.15, 0.2) is 0 Å². The summed E-state index contributed by atoms with van der Waals surface area (Å²) in [6.07, 6.45) is 1.66. The van der Waals surface area contributed by atoms with Crippen molar-refractivity contribution in [3.8, 4) is 5.75 Å². The molecule has 1 heterocycles. The van der Waals surface area contributed by atoms with E-state index in [1.807, 2.05) is 13.0 Å². The number of hydrogen-bond acceptors (Lipinski definition) is 2. The normalized spacial score (nSPS) is 10.6. The molecule has 0 spiro atoms. The van der Waals surface area contributed by atoms with Crippen molar-refractivity contribution in [1.29, 1.82) is 0 Å². The van der Waals surface area contributed by atoms with Crippen LogP contribution in [0.25, 0.3) is 10.8 Å². The molecule has 0 atom stereocenters. The Morgan fingerprint density at radius 1 is 1.23 bits per heavy atom. The fourth-order valence-electron chi connectivity index (χ4n) is 1.36. The number of aryl methyl sites for hydroxylation is 1. The number of rotatable bonds is 0. The Bertz CT molecular complexity index is 468. The summed E-state index contributed by atoms with van der Waals surface area (Å²) in [5, 5.41) is 11.7. The van der Waals surface area contributed by atoms with Crippen molar-refractivity contribution in [1.82, 2.24) is 4.98 Å². The number of phenols is 1. The Balaban J connectivity index is 2.94. The quantitative estimate of drug-likeness (QED) is 0.698. The molecule has 0 fully saturated rings. The van der Waals surface area contributed by atoms with Gasteiger partial charge in [-0.3, -0.25) is 4.98 Å². The molecule has 0 unspecified atom stereocenters. The molecular formula is C10H8ClNO. The lowest BCUT2D eigenvalue weighted by atomic mass is 10.1. The summed E-state index contributed by atoms with van der Waals surface area (Å²) in [5.74, 6) is 0.129. The monoisotopic (exact) mass is 193 g/mol. The third kappa shape index (κ3) is 1.23. The van der Waals surface area contributed by atoms with E-state index < -0.39 is 0 Å². The second-order valence-electron chi connectivity index (χ2n) is 2.89. The zero-order chi connectivity index (χ0) is 9.42. The maximum absolute atomic E-state index is 9.62. The Morgan fingerprint density at radius 3 is 2.77 bits per heavy atom. The molecule has 1 aromatic carbocycles. The van der Waals surface area contributed by atoms with Crippen LogP contribution >= 0.6 is 11.6 Å². The maximum Gasteiger partial charge on any atom is 0.142 e. The summed E-state index contributed by atoms with van der Waals surface area (Å²) >= 11 is 5.77. The van der Waals surface area contributed by atoms with E-state index in [0.29, 0.717) is 5.02 Å². The zero-order valence-corrected chi connectivity index (χ0v) is 7.84. The Morgan fingerprint density at radius 2 is 2.00 bits per heavy atom. The third-order valence-electron chi connectivity index (χ3n) is 2.07. The number of nitrogens with zero attached hydrogens (tertiary/aromatic N) is 1. The highest BCUT2D eigenvalue weighted by Gasteiger charge is 2.05. The largest absolute Gasteiger partial charge is 0.506 e. The second-order valence-corrected chi connectivity index (χ2v) is 3.29. The highest BCUT2D eigenvalue weighted by molar-refractivity contribution is 6.33. The number of hydrogen-bond donors (Lipinski definition) is 1. The van der Waals surface area contributed by atoms with Gasteiger partial charge in [-0.05, 0) is 19.1 Å². The van der Waals surface area contributed by atoms with Gasteiger partial charge in [-0.15, -0.1) is 0 Å². The van der Waals surface area contributed by atoms with Gasteiger partial charge in [0.1, 0.15) is 5.75 Å². The molecule has 0 radical (unpaired) electrons. The fourth-order valence-corrected chi connectivity index (χ4v) is 1.52. The van der Waals surface area contributed by atoms with Gasteiger partial charge in [0.25, 0.3) is 0 Å². The lowest BCUT2D eigenvalue weighted by Gasteiger charge is -2.03. The van der Waals surface area contributed by atoms with E-state index in [2.05, 4.69) is 4.98 Å². The lowest BCUT2D eigenvalue weighted by Crippen LogP contribution is -1.83. The molecule has 2 nitrogen and oxygen atoms in total. The van der Waals surface area contributed by atoms with E-state index in [-0.39, 0.29) is 5.75 Å². The minimum atomic E-state index is 0.129. The molecule has 2 rings (SSSR count). The van der Waals surface area contributed by atoms with Gasteiger partial charge in [-0.25, -0.2) is 0 Å². The van der Waals surface area contributed by atoms with Crippen molar-refractivity contribution in [2.24, 2.45) is 0 Å². The molecular weight excluding hydrogens is 186 g/mol. The van der Waals surface area contributed by atoms with Crippen LogP contribution in [0.3, 0.4) is 0 Å². The van der Waals surface area contributed by atoms with Crippen molar-refractivity contribution in [3.05, 3.63) is 35.1 Å². The smallest absolute Gasteiger partial charge is 0.142 e. The Kier molecular flexibility index (Phi) is 1.85. The van der Waals surface area contributed by atoms with E-state index in [9.17, 15) is 5.11 Å². The van der Waals surface area contributed by atoms with Crippen LogP contribution in [0.2, 0.25) is 5.02 Å². The van der Waals surface area contributed by atoms with Crippen LogP contribution in [-0.4, -0.2) is 10.1 Å². The van der Waals surface area contributed by atoms with E-state index >= 15 is 0 Å². The van der Waals surface area contributed by atoms with Gasteiger partial charge in [-0.2, -0.15) is 0 Å². The van der Waals surface area contributed by atoms with Crippen molar-refractivity contribution in [2.75, 3.05) is 0 Å². The summed E-state index contributed by atoms with van der Waals surface area (Å²) in [6.45, 7) is 1.90. The van der Waals surface area contributed by atoms with Gasteiger partial charge in [0.05, 0.1) is 5.02 Å². The van der Waals surface area contributed by atoms with Gasteiger partial charge < -0.3 is 5.11 Å². The molecule has 0 saturated heterocycles. The van der Waals surface area contributed by atoms with E-state index in [1.54, 1.807) is 18.3 Å². The van der Waals surface area contributed by atoms with Crippen molar-refractivity contribution in [3.63, 3.8) is 0 Å². The number of halogens is 1. The van der Waals surface area contributed by atoms with Gasteiger partial charge in [0.2, 0.25) is 0 Å². The minimum absolute atomic E-state index is 0.129. The SMILES string of the molecule is Cc1nccc2c(O)c(Cl)ccc12. The summed E-state index contributed by atoms with van der Waals surface area (Å²) in [6, 6.07) is 5.29. The van der Waals surface area contributed by atoms with E-state index in [4.69, 9.17) is 11.6 Å². The van der Waals surface area contributed by atoms with Crippen molar-refractivity contribution < 1.29 is 5.11 Å². The Hall–Kier alpha value is -1.28. The number of aromatic hydroxyl groups is 1. The Labute approximate surface area is 80.8 Å². The molecule has 0 saturated carbocycles. The van der Waals surface area contributed by atoms with Crippen LogP contribution in [0.15, 0.2) is 24.4 Å². The molecule has 66 valence electrons. The third-order valence-corrected chi connectivity index (χ3v) is 2.37. The zero-order valence-electron chi connectivity index (χ0n) is 7.08. The predicted octanol–water partition coefficient (Wildman–Crippen LogP) is 2.90. The minimum Gasteiger partial charge on any atom is -0.506 e. The fraction of sp³-hybridized carbons (Fsp3) is 0.100. The van der Waals surface area contributed by atoms with E-state index in [1.165, 1.54) is 0 Å². The van der Waals surface area contributed by atoms with Crippen molar-refractivity contribution in [2.45, 2.75) is 6.92 Å². The summed E-state index contributed by atoms with van der Waals surface area (Å²) in [4.78, 5) is 4.12. The van der Waals surface area contributed by atoms with Gasteiger partial charge in [-0.1, -0.05) is 17.7 Å². The molecule has 0 bridgehead atoms. The summed E-state index contributed by atoms with van der Waals surface area (Å²) in [7, 11) is 0. The molecule has 0 amide bonds. The number of benzene rings is 1. The molecule has 13 heavy (non-hydrogen) atoms. The van der Waals surface area contributed by atoms with Crippen LogP contribution in [0.4, 0.5) is 0 Å². The predicted molar refractivity (Wildman–Crippen MR) is 53.2 cm³/mol. The molecule has 1 N–H and O–H groups in total. The summed E-state index contributed by atoms with van der Waals surface area (Å²) < 4.78 is 0. The van der Waals surface area contributed by atoms with Crippen LogP contribution in [0.1, 0.15) is 5.69 Å². The standard InChI is InChI=1S/C10H8ClNO/c1-6-7-2-3-9(11)10(13)8(7)4-5-12-6/h2-5,13H,1H3. The maximum atomic E-state index is 9.62. The van der Waals surface area contributed by atoms with Crippen LogP contribution < -0.4 is 0 Å². The lowest BCUT2D eigenvalue weighted by molar-refractivity contribution is 0.482. The molecule has 0 aliphatic carbocycles. The first-order chi connectivity index (χ1) is 6.20. The van der Waals surface area contributed by atoms with Crippen LogP contribution in [0.5, 0.6) is 5.75 Å². The van der Waals surface area contributed by atoms with E-state index in [0.717, 1.165) is 16.5 Å². The van der Waals surface area contributed by atoms with Gasteiger partial charge in [0, 0.05) is 22.7 Å². The highest BCUT2D eigenvalue weighted by Crippen LogP contribution is 2.32. The first-order valence-corrected chi connectivity index (χ1v) is 4.31. The molecule has 0 aliphatic rings.